The Hall–Kier alpha value is -3.12. The molecule has 0 radical (unpaired) electrons. The third-order valence-corrected chi connectivity index (χ3v) is 5.53. The molecule has 2 aromatic carbocycles. The maximum absolute atomic E-state index is 13.1. The first kappa shape index (κ1) is 20.2. The highest BCUT2D eigenvalue weighted by molar-refractivity contribution is 6.31. The standard InChI is InChI=1S/C23H21ClFN3O2/c1-13-6-9-17(12-18(13)24)26-23(29)22-14(2)21-19(4-3-5-20(21)30-22)28-27-16-10-7-15(25)8-11-16/h6-12,27H,3-5H2,1-2H3,(H,26,29)/b28-19+. The Kier molecular flexibility index (Phi) is 5.59. The van der Waals surface area contributed by atoms with E-state index in [-0.39, 0.29) is 17.5 Å². The van der Waals surface area contributed by atoms with Gasteiger partial charge in [-0.3, -0.25) is 10.2 Å². The van der Waals surface area contributed by atoms with E-state index in [0.29, 0.717) is 16.4 Å². The number of fused-ring (bicyclic) bond motifs is 1. The number of hydrazone groups is 1. The Labute approximate surface area is 178 Å². The molecular formula is C23H21ClFN3O2. The highest BCUT2D eigenvalue weighted by Gasteiger charge is 2.28. The summed E-state index contributed by atoms with van der Waals surface area (Å²) < 4.78 is 19.0. The third kappa shape index (κ3) is 4.09. The molecule has 0 atom stereocenters. The summed E-state index contributed by atoms with van der Waals surface area (Å²) in [7, 11) is 0. The molecular weight excluding hydrogens is 405 g/mol. The Morgan fingerprint density at radius 2 is 1.83 bits per heavy atom. The number of carbonyl (C=O) groups excluding carboxylic acids is 1. The first-order chi connectivity index (χ1) is 14.4. The van der Waals surface area contributed by atoms with Gasteiger partial charge in [-0.25, -0.2) is 4.39 Å². The number of benzene rings is 2. The number of aryl methyl sites for hydroxylation is 2. The monoisotopic (exact) mass is 425 g/mol. The minimum Gasteiger partial charge on any atom is -0.455 e. The van der Waals surface area contributed by atoms with Crippen LogP contribution in [0.3, 0.4) is 0 Å². The van der Waals surface area contributed by atoms with Crippen LogP contribution < -0.4 is 10.7 Å². The van der Waals surface area contributed by atoms with Gasteiger partial charge in [-0.2, -0.15) is 5.10 Å². The molecule has 1 aliphatic rings. The first-order valence-electron chi connectivity index (χ1n) is 9.70. The van der Waals surface area contributed by atoms with Crippen molar-refractivity contribution < 1.29 is 13.6 Å². The van der Waals surface area contributed by atoms with Gasteiger partial charge in [0.05, 0.1) is 11.4 Å². The second kappa shape index (κ2) is 8.32. The highest BCUT2D eigenvalue weighted by atomic mass is 35.5. The number of nitrogens with one attached hydrogen (secondary N) is 2. The molecule has 5 nitrogen and oxygen atoms in total. The lowest BCUT2D eigenvalue weighted by molar-refractivity contribution is 0.0994. The summed E-state index contributed by atoms with van der Waals surface area (Å²) >= 11 is 6.15. The van der Waals surface area contributed by atoms with E-state index in [2.05, 4.69) is 15.8 Å². The zero-order valence-electron chi connectivity index (χ0n) is 16.7. The van der Waals surface area contributed by atoms with E-state index in [4.69, 9.17) is 16.0 Å². The summed E-state index contributed by atoms with van der Waals surface area (Å²) in [6.45, 7) is 3.76. The maximum atomic E-state index is 13.1. The minimum atomic E-state index is -0.326. The molecule has 0 saturated carbocycles. The van der Waals surface area contributed by atoms with Crippen molar-refractivity contribution in [2.24, 2.45) is 5.10 Å². The number of anilines is 2. The number of amides is 1. The van der Waals surface area contributed by atoms with Crippen LogP contribution in [-0.2, 0) is 6.42 Å². The van der Waals surface area contributed by atoms with Crippen molar-refractivity contribution in [1.29, 1.82) is 0 Å². The molecule has 7 heteroatoms. The van der Waals surface area contributed by atoms with Crippen LogP contribution in [0.5, 0.6) is 0 Å². The van der Waals surface area contributed by atoms with Gasteiger partial charge in [0.1, 0.15) is 11.6 Å². The van der Waals surface area contributed by atoms with E-state index in [1.54, 1.807) is 24.3 Å². The van der Waals surface area contributed by atoms with Gasteiger partial charge in [0.15, 0.2) is 5.76 Å². The lowest BCUT2D eigenvalue weighted by Gasteiger charge is -2.13. The molecule has 30 heavy (non-hydrogen) atoms. The van der Waals surface area contributed by atoms with Crippen LogP contribution in [0.2, 0.25) is 5.02 Å². The summed E-state index contributed by atoms with van der Waals surface area (Å²) in [6.07, 6.45) is 2.38. The topological polar surface area (TPSA) is 66.6 Å². The zero-order chi connectivity index (χ0) is 21.3. The number of carbonyl (C=O) groups is 1. The van der Waals surface area contributed by atoms with E-state index in [9.17, 15) is 9.18 Å². The van der Waals surface area contributed by atoms with Gasteiger partial charge in [-0.05, 0) is 68.7 Å². The van der Waals surface area contributed by atoms with Crippen molar-refractivity contribution in [1.82, 2.24) is 0 Å². The second-order valence-electron chi connectivity index (χ2n) is 7.30. The van der Waals surface area contributed by atoms with Gasteiger partial charge in [-0.15, -0.1) is 0 Å². The molecule has 1 aromatic heterocycles. The van der Waals surface area contributed by atoms with Crippen LogP contribution in [0.25, 0.3) is 0 Å². The average Bonchev–Trinajstić information content (AvgIpc) is 3.08. The molecule has 1 amide bonds. The van der Waals surface area contributed by atoms with Crippen LogP contribution in [0, 0.1) is 19.7 Å². The quantitative estimate of drug-likeness (QED) is 0.497. The molecule has 3 aromatic rings. The Morgan fingerprint density at radius 3 is 2.57 bits per heavy atom. The predicted octanol–water partition coefficient (Wildman–Crippen LogP) is 6.09. The molecule has 1 heterocycles. The van der Waals surface area contributed by atoms with Crippen molar-refractivity contribution in [2.75, 3.05) is 10.7 Å². The Bertz CT molecular complexity index is 1140. The fourth-order valence-corrected chi connectivity index (χ4v) is 3.69. The molecule has 154 valence electrons. The summed E-state index contributed by atoms with van der Waals surface area (Å²) in [6, 6.07) is 11.4. The van der Waals surface area contributed by atoms with E-state index >= 15 is 0 Å². The number of furan rings is 1. The van der Waals surface area contributed by atoms with Crippen LogP contribution >= 0.6 is 11.6 Å². The molecule has 1 aliphatic carbocycles. The summed E-state index contributed by atoms with van der Waals surface area (Å²) in [5.41, 5.74) is 7.63. The first-order valence-corrected chi connectivity index (χ1v) is 10.1. The molecule has 0 bridgehead atoms. The van der Waals surface area contributed by atoms with Gasteiger partial charge >= 0.3 is 0 Å². The van der Waals surface area contributed by atoms with Gasteiger partial charge in [0.25, 0.3) is 5.91 Å². The molecule has 0 spiro atoms. The number of halogens is 2. The summed E-state index contributed by atoms with van der Waals surface area (Å²) in [5, 5.41) is 7.93. The van der Waals surface area contributed by atoms with Gasteiger partial charge in [-0.1, -0.05) is 17.7 Å². The molecule has 0 fully saturated rings. The second-order valence-corrected chi connectivity index (χ2v) is 7.71. The summed E-state index contributed by atoms with van der Waals surface area (Å²) in [4.78, 5) is 12.8. The van der Waals surface area contributed by atoms with Gasteiger partial charge < -0.3 is 9.73 Å². The third-order valence-electron chi connectivity index (χ3n) is 5.13. The van der Waals surface area contributed by atoms with E-state index in [1.165, 1.54) is 12.1 Å². The average molecular weight is 426 g/mol. The van der Waals surface area contributed by atoms with Crippen LogP contribution in [0.1, 0.15) is 45.8 Å². The zero-order valence-corrected chi connectivity index (χ0v) is 17.4. The van der Waals surface area contributed by atoms with E-state index in [1.807, 2.05) is 19.9 Å². The fraction of sp³-hybridized carbons (Fsp3) is 0.217. The van der Waals surface area contributed by atoms with Crippen molar-refractivity contribution in [3.63, 3.8) is 0 Å². The number of hydrogen-bond donors (Lipinski definition) is 2. The van der Waals surface area contributed by atoms with Crippen molar-refractivity contribution in [3.8, 4) is 0 Å². The lowest BCUT2D eigenvalue weighted by atomic mass is 9.93. The molecule has 0 unspecified atom stereocenters. The van der Waals surface area contributed by atoms with E-state index < -0.39 is 0 Å². The Morgan fingerprint density at radius 1 is 1.10 bits per heavy atom. The van der Waals surface area contributed by atoms with Gasteiger partial charge in [0, 0.05) is 28.3 Å². The molecule has 0 aliphatic heterocycles. The van der Waals surface area contributed by atoms with Crippen LogP contribution in [0.4, 0.5) is 15.8 Å². The van der Waals surface area contributed by atoms with Crippen molar-refractivity contribution in [2.45, 2.75) is 33.1 Å². The largest absolute Gasteiger partial charge is 0.455 e. The normalized spacial score (nSPS) is 14.5. The van der Waals surface area contributed by atoms with Crippen molar-refractivity contribution >= 4 is 34.6 Å². The number of rotatable bonds is 4. The smallest absolute Gasteiger partial charge is 0.291 e. The Balaban J connectivity index is 1.59. The minimum absolute atomic E-state index is 0.271. The fourth-order valence-electron chi connectivity index (χ4n) is 3.51. The molecule has 0 saturated heterocycles. The summed E-state index contributed by atoms with van der Waals surface area (Å²) in [5.74, 6) is 0.399. The highest BCUT2D eigenvalue weighted by Crippen LogP contribution is 2.31. The molecule has 2 N–H and O–H groups in total. The van der Waals surface area contributed by atoms with E-state index in [0.717, 1.165) is 47.4 Å². The SMILES string of the molecule is Cc1ccc(NC(=O)c2oc3c(c2C)/C(=N/Nc2ccc(F)cc2)CCC3)cc1Cl. The molecule has 4 rings (SSSR count). The van der Waals surface area contributed by atoms with Crippen LogP contribution in [-0.4, -0.2) is 11.6 Å². The van der Waals surface area contributed by atoms with Crippen LogP contribution in [0.15, 0.2) is 52.0 Å². The number of nitrogens with zero attached hydrogens (tertiary/aromatic N) is 1. The lowest BCUT2D eigenvalue weighted by Crippen LogP contribution is -2.14. The van der Waals surface area contributed by atoms with Gasteiger partial charge in [0.2, 0.25) is 0 Å². The number of hydrogen-bond acceptors (Lipinski definition) is 4. The maximum Gasteiger partial charge on any atom is 0.291 e. The predicted molar refractivity (Wildman–Crippen MR) is 117 cm³/mol. The van der Waals surface area contributed by atoms with Crippen molar-refractivity contribution in [3.05, 3.63) is 81.5 Å².